The number of aromatic nitrogens is 2. The summed E-state index contributed by atoms with van der Waals surface area (Å²) < 4.78 is 17.7. The number of halogens is 1. The van der Waals surface area contributed by atoms with Gasteiger partial charge in [-0.1, -0.05) is 5.16 Å². The van der Waals surface area contributed by atoms with Crippen molar-refractivity contribution in [2.45, 2.75) is 20.3 Å². The Morgan fingerprint density at radius 2 is 2.20 bits per heavy atom. The van der Waals surface area contributed by atoms with Crippen molar-refractivity contribution >= 4 is 11.8 Å². The fourth-order valence-corrected chi connectivity index (χ4v) is 1.77. The molecule has 0 saturated heterocycles. The summed E-state index contributed by atoms with van der Waals surface area (Å²) in [5.74, 6) is 0.598. The van der Waals surface area contributed by atoms with Gasteiger partial charge in [-0.15, -0.1) is 0 Å². The molecule has 2 heterocycles. The predicted octanol–water partition coefficient (Wildman–Crippen LogP) is 2.19. The Morgan fingerprint density at radius 3 is 2.80 bits per heavy atom. The monoisotopic (exact) mass is 278 g/mol. The first kappa shape index (κ1) is 14.0. The van der Waals surface area contributed by atoms with Crippen LogP contribution in [0.4, 0.5) is 15.0 Å². The van der Waals surface area contributed by atoms with E-state index in [1.165, 1.54) is 12.1 Å². The van der Waals surface area contributed by atoms with Crippen molar-refractivity contribution in [1.82, 2.24) is 15.5 Å². The maximum absolute atomic E-state index is 12.7. The van der Waals surface area contributed by atoms with E-state index < -0.39 is 11.8 Å². The number of rotatable bonds is 4. The Morgan fingerprint density at radius 1 is 1.40 bits per heavy atom. The quantitative estimate of drug-likeness (QED) is 0.898. The van der Waals surface area contributed by atoms with Gasteiger partial charge in [-0.25, -0.2) is 14.2 Å². The molecule has 0 saturated carbocycles. The molecule has 2 aromatic heterocycles. The zero-order valence-electron chi connectivity index (χ0n) is 11.2. The SMILES string of the molecule is Cc1noc(C)c1CCNC(=O)Nc1ccc(F)cn1. The van der Waals surface area contributed by atoms with Crippen molar-refractivity contribution in [3.05, 3.63) is 41.2 Å². The summed E-state index contributed by atoms with van der Waals surface area (Å²) in [5.41, 5.74) is 1.81. The van der Waals surface area contributed by atoms with E-state index in [4.69, 9.17) is 4.52 Å². The Kier molecular flexibility index (Phi) is 4.29. The summed E-state index contributed by atoms with van der Waals surface area (Å²) in [6, 6.07) is 2.23. The molecule has 0 radical (unpaired) electrons. The summed E-state index contributed by atoms with van der Waals surface area (Å²) >= 11 is 0. The lowest BCUT2D eigenvalue weighted by molar-refractivity contribution is 0.252. The van der Waals surface area contributed by atoms with Crippen LogP contribution in [0.25, 0.3) is 0 Å². The number of amides is 2. The molecular formula is C13H15FN4O2. The van der Waals surface area contributed by atoms with E-state index in [9.17, 15) is 9.18 Å². The molecule has 0 unspecified atom stereocenters. The average molecular weight is 278 g/mol. The van der Waals surface area contributed by atoms with Gasteiger partial charge in [0.15, 0.2) is 0 Å². The van der Waals surface area contributed by atoms with Crippen molar-refractivity contribution in [3.8, 4) is 0 Å². The molecule has 0 spiro atoms. The molecular weight excluding hydrogens is 263 g/mol. The summed E-state index contributed by atoms with van der Waals surface area (Å²) in [6.07, 6.45) is 1.67. The molecule has 0 aliphatic rings. The lowest BCUT2D eigenvalue weighted by Gasteiger charge is -2.06. The summed E-state index contributed by atoms with van der Waals surface area (Å²) in [4.78, 5) is 15.3. The fraction of sp³-hybridized carbons (Fsp3) is 0.308. The second-order valence-electron chi connectivity index (χ2n) is 4.30. The number of carbonyl (C=O) groups is 1. The topological polar surface area (TPSA) is 80.0 Å². The number of anilines is 1. The van der Waals surface area contributed by atoms with Crippen molar-refractivity contribution in [2.24, 2.45) is 0 Å². The summed E-state index contributed by atoms with van der Waals surface area (Å²) in [6.45, 7) is 4.13. The van der Waals surface area contributed by atoms with Crippen molar-refractivity contribution in [3.63, 3.8) is 0 Å². The van der Waals surface area contributed by atoms with Gasteiger partial charge in [-0.2, -0.15) is 0 Å². The van der Waals surface area contributed by atoms with E-state index in [0.29, 0.717) is 18.8 Å². The minimum absolute atomic E-state index is 0.293. The maximum Gasteiger partial charge on any atom is 0.320 e. The van der Waals surface area contributed by atoms with Gasteiger partial charge in [-0.3, -0.25) is 5.32 Å². The highest BCUT2D eigenvalue weighted by molar-refractivity contribution is 5.88. The fourth-order valence-electron chi connectivity index (χ4n) is 1.77. The van der Waals surface area contributed by atoms with Crippen LogP contribution in [0.3, 0.4) is 0 Å². The van der Waals surface area contributed by atoms with Gasteiger partial charge in [-0.05, 0) is 32.4 Å². The molecule has 0 bridgehead atoms. The van der Waals surface area contributed by atoms with Gasteiger partial charge >= 0.3 is 6.03 Å². The van der Waals surface area contributed by atoms with Crippen LogP contribution in [-0.2, 0) is 6.42 Å². The Bertz CT molecular complexity index is 575. The van der Waals surface area contributed by atoms with Crippen molar-refractivity contribution in [2.75, 3.05) is 11.9 Å². The second kappa shape index (κ2) is 6.14. The largest absolute Gasteiger partial charge is 0.361 e. The van der Waals surface area contributed by atoms with Gasteiger partial charge in [0.05, 0.1) is 11.9 Å². The van der Waals surface area contributed by atoms with Crippen LogP contribution in [0.5, 0.6) is 0 Å². The normalized spacial score (nSPS) is 10.3. The van der Waals surface area contributed by atoms with Crippen molar-refractivity contribution in [1.29, 1.82) is 0 Å². The minimum atomic E-state index is -0.450. The van der Waals surface area contributed by atoms with E-state index in [1.807, 2.05) is 13.8 Å². The Hall–Kier alpha value is -2.44. The molecule has 7 heteroatoms. The van der Waals surface area contributed by atoms with Crippen LogP contribution in [0.2, 0.25) is 0 Å². The van der Waals surface area contributed by atoms with Crippen LogP contribution in [0, 0.1) is 19.7 Å². The minimum Gasteiger partial charge on any atom is -0.361 e. The zero-order chi connectivity index (χ0) is 14.5. The van der Waals surface area contributed by atoms with Gasteiger partial charge < -0.3 is 9.84 Å². The van der Waals surface area contributed by atoms with Gasteiger partial charge in [0, 0.05) is 12.1 Å². The van der Waals surface area contributed by atoms with Gasteiger partial charge in [0.25, 0.3) is 0 Å². The highest BCUT2D eigenvalue weighted by atomic mass is 19.1. The third kappa shape index (κ3) is 3.53. The molecule has 6 nitrogen and oxygen atoms in total. The third-order valence-electron chi connectivity index (χ3n) is 2.81. The van der Waals surface area contributed by atoms with Crippen LogP contribution in [0.1, 0.15) is 17.0 Å². The van der Waals surface area contributed by atoms with Crippen LogP contribution >= 0.6 is 0 Å². The number of aryl methyl sites for hydroxylation is 2. The smallest absolute Gasteiger partial charge is 0.320 e. The first-order valence-corrected chi connectivity index (χ1v) is 6.14. The lowest BCUT2D eigenvalue weighted by Crippen LogP contribution is -2.30. The lowest BCUT2D eigenvalue weighted by atomic mass is 10.1. The number of hydrogen-bond donors (Lipinski definition) is 2. The van der Waals surface area contributed by atoms with Crippen LogP contribution in [-0.4, -0.2) is 22.7 Å². The van der Waals surface area contributed by atoms with E-state index in [0.717, 1.165) is 23.2 Å². The highest BCUT2D eigenvalue weighted by Gasteiger charge is 2.09. The highest BCUT2D eigenvalue weighted by Crippen LogP contribution is 2.12. The number of pyridine rings is 1. The average Bonchev–Trinajstić information content (AvgIpc) is 2.73. The Labute approximate surface area is 115 Å². The first-order valence-electron chi connectivity index (χ1n) is 6.14. The number of carbonyl (C=O) groups excluding carboxylic acids is 1. The summed E-state index contributed by atoms with van der Waals surface area (Å²) in [5, 5.41) is 9.04. The molecule has 20 heavy (non-hydrogen) atoms. The molecule has 2 N–H and O–H groups in total. The molecule has 0 atom stereocenters. The predicted molar refractivity (Wildman–Crippen MR) is 70.9 cm³/mol. The van der Waals surface area contributed by atoms with Gasteiger partial charge in [0.1, 0.15) is 17.4 Å². The molecule has 0 fully saturated rings. The van der Waals surface area contributed by atoms with E-state index in [-0.39, 0.29) is 0 Å². The Balaban J connectivity index is 1.79. The number of nitrogens with zero attached hydrogens (tertiary/aromatic N) is 2. The van der Waals surface area contributed by atoms with Gasteiger partial charge in [0.2, 0.25) is 0 Å². The zero-order valence-corrected chi connectivity index (χ0v) is 11.2. The first-order chi connectivity index (χ1) is 9.56. The molecule has 0 aromatic carbocycles. The summed E-state index contributed by atoms with van der Waals surface area (Å²) in [7, 11) is 0. The molecule has 2 rings (SSSR count). The standard InChI is InChI=1S/C13H15FN4O2/c1-8-11(9(2)20-18-8)5-6-15-13(19)17-12-4-3-10(14)7-16-12/h3-4,7H,5-6H2,1-2H3,(H2,15,16,17,19). The molecule has 2 aromatic rings. The molecule has 2 amide bonds. The van der Waals surface area contributed by atoms with Crippen LogP contribution < -0.4 is 10.6 Å². The molecule has 106 valence electrons. The number of hydrogen-bond acceptors (Lipinski definition) is 4. The third-order valence-corrected chi connectivity index (χ3v) is 2.81. The van der Waals surface area contributed by atoms with E-state index >= 15 is 0 Å². The number of nitrogens with one attached hydrogen (secondary N) is 2. The molecule has 0 aliphatic heterocycles. The van der Waals surface area contributed by atoms with Crippen molar-refractivity contribution < 1.29 is 13.7 Å². The second-order valence-corrected chi connectivity index (χ2v) is 4.30. The van der Waals surface area contributed by atoms with E-state index in [2.05, 4.69) is 20.8 Å². The molecule has 0 aliphatic carbocycles. The van der Waals surface area contributed by atoms with Crippen LogP contribution in [0.15, 0.2) is 22.9 Å². The maximum atomic E-state index is 12.7. The number of urea groups is 1. The van der Waals surface area contributed by atoms with E-state index in [1.54, 1.807) is 0 Å².